The van der Waals surface area contributed by atoms with Crippen molar-refractivity contribution in [1.29, 1.82) is 0 Å². The Labute approximate surface area is 156 Å². The van der Waals surface area contributed by atoms with Gasteiger partial charge in [-0.25, -0.2) is 0 Å². The van der Waals surface area contributed by atoms with E-state index in [9.17, 15) is 14.4 Å². The Bertz CT molecular complexity index is 766. The number of amides is 3. The van der Waals surface area contributed by atoms with Crippen LogP contribution in [-0.4, -0.2) is 42.8 Å². The van der Waals surface area contributed by atoms with Gasteiger partial charge >= 0.3 is 0 Å². The summed E-state index contributed by atoms with van der Waals surface area (Å²) in [6.45, 7) is -0.0359. The molecule has 0 saturated heterocycles. The van der Waals surface area contributed by atoms with E-state index in [0.29, 0.717) is 16.3 Å². The maximum atomic E-state index is 12.0. The third kappa shape index (κ3) is 6.54. The normalized spacial score (nSPS) is 10.3. The Morgan fingerprint density at radius 1 is 0.885 bits per heavy atom. The Hall–Kier alpha value is -2.90. The van der Waals surface area contributed by atoms with Crippen molar-refractivity contribution in [2.24, 2.45) is 0 Å². The first-order chi connectivity index (χ1) is 12.4. The number of anilines is 1. The predicted octanol–water partition coefficient (Wildman–Crippen LogP) is 1.67. The topological polar surface area (TPSA) is 90.5 Å². The van der Waals surface area contributed by atoms with Crippen molar-refractivity contribution in [1.82, 2.24) is 15.8 Å². The lowest BCUT2D eigenvalue weighted by Crippen LogP contribution is -2.46. The second-order valence-corrected chi connectivity index (χ2v) is 6.03. The largest absolute Gasteiger partial charge is 0.325 e. The minimum atomic E-state index is -0.434. The molecule has 26 heavy (non-hydrogen) atoms. The van der Waals surface area contributed by atoms with E-state index in [1.54, 1.807) is 61.6 Å². The van der Waals surface area contributed by atoms with Gasteiger partial charge in [-0.1, -0.05) is 29.8 Å². The van der Waals surface area contributed by atoms with Crippen LogP contribution in [0.25, 0.3) is 0 Å². The van der Waals surface area contributed by atoms with Crippen LogP contribution in [-0.2, 0) is 9.59 Å². The summed E-state index contributed by atoms with van der Waals surface area (Å²) in [5.41, 5.74) is 5.69. The van der Waals surface area contributed by atoms with Crippen molar-refractivity contribution in [3.63, 3.8) is 0 Å². The van der Waals surface area contributed by atoms with Crippen LogP contribution in [0, 0.1) is 0 Å². The van der Waals surface area contributed by atoms with Crippen LogP contribution in [0.3, 0.4) is 0 Å². The van der Waals surface area contributed by atoms with Crippen LogP contribution >= 0.6 is 11.6 Å². The maximum absolute atomic E-state index is 12.0. The zero-order valence-corrected chi connectivity index (χ0v) is 14.9. The number of hydrogen-bond donors (Lipinski definition) is 3. The number of likely N-dealkylation sites (N-methyl/N-ethyl adjacent to an activating group) is 1. The fourth-order valence-corrected chi connectivity index (χ4v) is 2.23. The van der Waals surface area contributed by atoms with Gasteiger partial charge in [0, 0.05) is 16.3 Å². The molecule has 0 aromatic heterocycles. The molecule has 0 heterocycles. The number of nitrogens with zero attached hydrogens (tertiary/aromatic N) is 1. The number of carbonyl (C=O) groups excluding carboxylic acids is 3. The monoisotopic (exact) mass is 374 g/mol. The molecule has 0 fully saturated rings. The molecule has 0 aliphatic heterocycles. The number of rotatable bonds is 6. The third-order valence-corrected chi connectivity index (χ3v) is 3.56. The first-order valence-electron chi connectivity index (χ1n) is 7.82. The van der Waals surface area contributed by atoms with Gasteiger partial charge in [-0.3, -0.25) is 30.1 Å². The van der Waals surface area contributed by atoms with E-state index in [0.717, 1.165) is 0 Å². The average molecular weight is 375 g/mol. The summed E-state index contributed by atoms with van der Waals surface area (Å²) in [6.07, 6.45) is 0. The van der Waals surface area contributed by atoms with Gasteiger partial charge in [-0.2, -0.15) is 0 Å². The molecule has 0 unspecified atom stereocenters. The van der Waals surface area contributed by atoms with Crippen LogP contribution in [0.15, 0.2) is 54.6 Å². The summed E-state index contributed by atoms with van der Waals surface area (Å²) in [7, 11) is 1.63. The smallest absolute Gasteiger partial charge is 0.269 e. The van der Waals surface area contributed by atoms with Gasteiger partial charge in [0.2, 0.25) is 5.91 Å². The zero-order chi connectivity index (χ0) is 18.9. The number of halogens is 1. The van der Waals surface area contributed by atoms with Gasteiger partial charge in [0.05, 0.1) is 13.1 Å². The minimum Gasteiger partial charge on any atom is -0.325 e. The van der Waals surface area contributed by atoms with Crippen LogP contribution in [0.4, 0.5) is 5.69 Å². The van der Waals surface area contributed by atoms with E-state index in [4.69, 9.17) is 11.6 Å². The van der Waals surface area contributed by atoms with E-state index in [1.807, 2.05) is 0 Å². The van der Waals surface area contributed by atoms with Crippen molar-refractivity contribution < 1.29 is 14.4 Å². The van der Waals surface area contributed by atoms with Gasteiger partial charge in [-0.15, -0.1) is 0 Å². The molecule has 0 radical (unpaired) electrons. The Morgan fingerprint density at radius 3 is 2.15 bits per heavy atom. The molecule has 0 saturated carbocycles. The molecule has 3 N–H and O–H groups in total. The second-order valence-electron chi connectivity index (χ2n) is 5.60. The molecule has 2 aromatic rings. The standard InChI is InChI=1S/C18H19ClN4O3/c1-23(11-16(24)20-15-9-7-14(19)8-10-15)12-17(25)21-22-18(26)13-5-3-2-4-6-13/h2-10H,11-12H2,1H3,(H,20,24)(H,21,25)(H,22,26). The van der Waals surface area contributed by atoms with Gasteiger partial charge in [-0.05, 0) is 43.4 Å². The van der Waals surface area contributed by atoms with Crippen molar-refractivity contribution in [3.8, 4) is 0 Å². The summed E-state index contributed by atoms with van der Waals surface area (Å²) in [5.74, 6) is -1.12. The molecule has 0 spiro atoms. The minimum absolute atomic E-state index is 0.0165. The molecule has 0 aliphatic carbocycles. The van der Waals surface area contributed by atoms with Gasteiger partial charge in [0.1, 0.15) is 0 Å². The Kier molecular flexibility index (Phi) is 7.13. The predicted molar refractivity (Wildman–Crippen MR) is 99.6 cm³/mol. The number of nitrogens with one attached hydrogen (secondary N) is 3. The summed E-state index contributed by atoms with van der Waals surface area (Å²) in [6, 6.07) is 15.2. The van der Waals surface area contributed by atoms with E-state index in [2.05, 4.69) is 16.2 Å². The Balaban J connectivity index is 1.71. The van der Waals surface area contributed by atoms with Gasteiger partial charge < -0.3 is 5.32 Å². The highest BCUT2D eigenvalue weighted by molar-refractivity contribution is 6.30. The van der Waals surface area contributed by atoms with Crippen LogP contribution in [0.2, 0.25) is 5.02 Å². The molecule has 2 aromatic carbocycles. The highest BCUT2D eigenvalue weighted by atomic mass is 35.5. The third-order valence-electron chi connectivity index (χ3n) is 3.31. The Morgan fingerprint density at radius 2 is 1.50 bits per heavy atom. The SMILES string of the molecule is CN(CC(=O)NNC(=O)c1ccccc1)CC(=O)Nc1ccc(Cl)cc1. The van der Waals surface area contributed by atoms with Crippen molar-refractivity contribution in [2.75, 3.05) is 25.5 Å². The van der Waals surface area contributed by atoms with Crippen molar-refractivity contribution in [3.05, 3.63) is 65.2 Å². The van der Waals surface area contributed by atoms with E-state index < -0.39 is 11.8 Å². The summed E-state index contributed by atoms with van der Waals surface area (Å²) in [4.78, 5) is 37.2. The number of carbonyl (C=O) groups is 3. The molecule has 0 atom stereocenters. The zero-order valence-electron chi connectivity index (χ0n) is 14.2. The summed E-state index contributed by atoms with van der Waals surface area (Å²) < 4.78 is 0. The average Bonchev–Trinajstić information content (AvgIpc) is 2.62. The molecule has 136 valence electrons. The van der Waals surface area contributed by atoms with Crippen LogP contribution < -0.4 is 16.2 Å². The van der Waals surface area contributed by atoms with Crippen molar-refractivity contribution in [2.45, 2.75) is 0 Å². The lowest BCUT2D eigenvalue weighted by molar-refractivity contribution is -0.123. The molecule has 8 heteroatoms. The molecule has 0 bridgehead atoms. The maximum Gasteiger partial charge on any atom is 0.269 e. The van der Waals surface area contributed by atoms with E-state index >= 15 is 0 Å². The number of hydrogen-bond acceptors (Lipinski definition) is 4. The van der Waals surface area contributed by atoms with Crippen LogP contribution in [0.1, 0.15) is 10.4 Å². The lowest BCUT2D eigenvalue weighted by Gasteiger charge is -2.16. The lowest BCUT2D eigenvalue weighted by atomic mass is 10.2. The molecular weight excluding hydrogens is 356 g/mol. The van der Waals surface area contributed by atoms with Gasteiger partial charge in [0.15, 0.2) is 0 Å². The second kappa shape index (κ2) is 9.55. The molecule has 3 amide bonds. The van der Waals surface area contributed by atoms with Crippen molar-refractivity contribution >= 4 is 35.0 Å². The first-order valence-corrected chi connectivity index (χ1v) is 8.20. The van der Waals surface area contributed by atoms with E-state index in [-0.39, 0.29) is 19.0 Å². The molecule has 7 nitrogen and oxygen atoms in total. The number of hydrazine groups is 1. The summed E-state index contributed by atoms with van der Waals surface area (Å²) in [5, 5.41) is 3.28. The first kappa shape index (κ1) is 19.4. The molecular formula is C18H19ClN4O3. The quantitative estimate of drug-likeness (QED) is 0.671. The molecule has 0 aliphatic rings. The molecule has 2 rings (SSSR count). The fourth-order valence-electron chi connectivity index (χ4n) is 2.11. The fraction of sp³-hybridized carbons (Fsp3) is 0.167. The highest BCUT2D eigenvalue weighted by Crippen LogP contribution is 2.13. The van der Waals surface area contributed by atoms with E-state index in [1.165, 1.54) is 4.90 Å². The van der Waals surface area contributed by atoms with Gasteiger partial charge in [0.25, 0.3) is 11.8 Å². The summed E-state index contributed by atoms with van der Waals surface area (Å²) >= 11 is 5.79. The highest BCUT2D eigenvalue weighted by Gasteiger charge is 2.12. The van der Waals surface area contributed by atoms with Crippen LogP contribution in [0.5, 0.6) is 0 Å². The number of benzene rings is 2.